The number of nitriles is 1. The van der Waals surface area contributed by atoms with Crippen LogP contribution in [-0.4, -0.2) is 26.1 Å². The molecule has 1 aliphatic heterocycles. The molecule has 1 saturated carbocycles. The maximum Gasteiger partial charge on any atom is 0.168 e. The van der Waals surface area contributed by atoms with E-state index in [4.69, 9.17) is 19.5 Å². The summed E-state index contributed by atoms with van der Waals surface area (Å²) in [4.78, 5) is 0. The van der Waals surface area contributed by atoms with Crippen LogP contribution in [-0.2, 0) is 9.47 Å². The van der Waals surface area contributed by atoms with Gasteiger partial charge in [0.2, 0.25) is 0 Å². The molecular formula is C16H19NO3. The van der Waals surface area contributed by atoms with Crippen molar-refractivity contribution in [1.82, 2.24) is 0 Å². The van der Waals surface area contributed by atoms with Crippen LogP contribution >= 0.6 is 0 Å². The van der Waals surface area contributed by atoms with Gasteiger partial charge in [0.25, 0.3) is 0 Å². The van der Waals surface area contributed by atoms with Crippen molar-refractivity contribution in [3.05, 3.63) is 29.3 Å². The van der Waals surface area contributed by atoms with E-state index in [-0.39, 0.29) is 5.79 Å². The lowest BCUT2D eigenvalue weighted by Gasteiger charge is -2.35. The summed E-state index contributed by atoms with van der Waals surface area (Å²) in [5, 5.41) is 9.03. The van der Waals surface area contributed by atoms with Gasteiger partial charge in [0.05, 0.1) is 25.9 Å². The zero-order valence-corrected chi connectivity index (χ0v) is 11.7. The molecule has 106 valence electrons. The maximum absolute atomic E-state index is 9.03. The average molecular weight is 273 g/mol. The molecule has 0 bridgehead atoms. The molecule has 20 heavy (non-hydrogen) atoms. The molecule has 1 spiro atoms. The van der Waals surface area contributed by atoms with Gasteiger partial charge in [0.15, 0.2) is 5.79 Å². The Bertz CT molecular complexity index is 519. The molecule has 0 amide bonds. The minimum Gasteiger partial charge on any atom is -0.495 e. The molecule has 0 unspecified atom stereocenters. The summed E-state index contributed by atoms with van der Waals surface area (Å²) < 4.78 is 16.8. The first-order valence-electron chi connectivity index (χ1n) is 7.12. The van der Waals surface area contributed by atoms with Gasteiger partial charge in [-0.05, 0) is 36.5 Å². The second-order valence-electron chi connectivity index (χ2n) is 5.45. The van der Waals surface area contributed by atoms with Gasteiger partial charge < -0.3 is 14.2 Å². The van der Waals surface area contributed by atoms with Gasteiger partial charge in [0.1, 0.15) is 11.8 Å². The van der Waals surface area contributed by atoms with Crippen LogP contribution in [0.15, 0.2) is 18.2 Å². The molecule has 1 heterocycles. The molecule has 1 aliphatic carbocycles. The molecule has 0 N–H and O–H groups in total. The van der Waals surface area contributed by atoms with Crippen molar-refractivity contribution >= 4 is 0 Å². The third kappa shape index (κ3) is 2.39. The van der Waals surface area contributed by atoms with Gasteiger partial charge in [-0.25, -0.2) is 0 Å². The summed E-state index contributed by atoms with van der Waals surface area (Å²) in [7, 11) is 1.61. The van der Waals surface area contributed by atoms with Crippen LogP contribution in [0.25, 0.3) is 0 Å². The Morgan fingerprint density at radius 2 is 1.95 bits per heavy atom. The van der Waals surface area contributed by atoms with Gasteiger partial charge in [-0.15, -0.1) is 0 Å². The summed E-state index contributed by atoms with van der Waals surface area (Å²) in [5.41, 5.74) is 1.83. The Morgan fingerprint density at radius 1 is 1.25 bits per heavy atom. The van der Waals surface area contributed by atoms with E-state index in [1.807, 2.05) is 18.2 Å². The van der Waals surface area contributed by atoms with Crippen molar-refractivity contribution in [2.75, 3.05) is 20.3 Å². The first-order chi connectivity index (χ1) is 9.76. The number of benzene rings is 1. The molecule has 1 aromatic carbocycles. The third-order valence-corrected chi connectivity index (χ3v) is 4.38. The summed E-state index contributed by atoms with van der Waals surface area (Å²) >= 11 is 0. The lowest BCUT2D eigenvalue weighted by Crippen LogP contribution is -2.34. The monoisotopic (exact) mass is 273 g/mol. The van der Waals surface area contributed by atoms with Gasteiger partial charge in [-0.2, -0.15) is 5.26 Å². The second-order valence-corrected chi connectivity index (χ2v) is 5.45. The fourth-order valence-corrected chi connectivity index (χ4v) is 3.23. The molecule has 1 saturated heterocycles. The number of ether oxygens (including phenoxy) is 3. The molecule has 4 heteroatoms. The first-order valence-corrected chi connectivity index (χ1v) is 7.12. The third-order valence-electron chi connectivity index (χ3n) is 4.38. The Labute approximate surface area is 119 Å². The van der Waals surface area contributed by atoms with E-state index < -0.39 is 0 Å². The number of hydrogen-bond donors (Lipinski definition) is 0. The molecule has 2 aliphatic rings. The van der Waals surface area contributed by atoms with Crippen molar-refractivity contribution in [2.24, 2.45) is 0 Å². The Kier molecular flexibility index (Phi) is 3.64. The van der Waals surface area contributed by atoms with Gasteiger partial charge in [-0.3, -0.25) is 0 Å². The predicted octanol–water partition coefficient (Wildman–Crippen LogP) is 2.97. The average Bonchev–Trinajstić information content (AvgIpc) is 2.95. The van der Waals surface area contributed by atoms with E-state index in [9.17, 15) is 0 Å². The largest absolute Gasteiger partial charge is 0.495 e. The Balaban J connectivity index is 1.73. The number of rotatable bonds is 2. The van der Waals surface area contributed by atoms with Gasteiger partial charge >= 0.3 is 0 Å². The lowest BCUT2D eigenvalue weighted by atomic mass is 9.81. The van der Waals surface area contributed by atoms with Crippen LogP contribution in [0.4, 0.5) is 0 Å². The SMILES string of the molecule is COc1cc(C2CCC3(CC2)OCCO3)ccc1C#N. The first kappa shape index (κ1) is 13.4. The summed E-state index contributed by atoms with van der Waals surface area (Å²) in [5.74, 6) is 0.849. The van der Waals surface area contributed by atoms with Gasteiger partial charge in [0, 0.05) is 12.8 Å². The van der Waals surface area contributed by atoms with E-state index >= 15 is 0 Å². The standard InChI is InChI=1S/C16H19NO3/c1-18-15-10-13(2-3-14(15)11-17)12-4-6-16(7-5-12)19-8-9-20-16/h2-3,10,12H,4-9H2,1H3. The minimum absolute atomic E-state index is 0.312. The van der Waals surface area contributed by atoms with Crippen LogP contribution in [0.2, 0.25) is 0 Å². The second kappa shape index (κ2) is 5.43. The zero-order chi connectivity index (χ0) is 14.0. The van der Waals surface area contributed by atoms with E-state index in [0.29, 0.717) is 17.2 Å². The summed E-state index contributed by atoms with van der Waals surface area (Å²) in [6.07, 6.45) is 3.99. The molecule has 0 radical (unpaired) electrons. The van der Waals surface area contributed by atoms with Crippen molar-refractivity contribution < 1.29 is 14.2 Å². The predicted molar refractivity (Wildman–Crippen MR) is 73.6 cm³/mol. The highest BCUT2D eigenvalue weighted by atomic mass is 16.7. The van der Waals surface area contributed by atoms with Crippen LogP contribution < -0.4 is 4.74 Å². The highest BCUT2D eigenvalue weighted by molar-refractivity contribution is 5.46. The normalized spacial score (nSPS) is 21.8. The Morgan fingerprint density at radius 3 is 2.55 bits per heavy atom. The van der Waals surface area contributed by atoms with Crippen LogP contribution in [0, 0.1) is 11.3 Å². The summed E-state index contributed by atoms with van der Waals surface area (Å²) in [6.45, 7) is 1.44. The van der Waals surface area contributed by atoms with E-state index in [1.54, 1.807) is 7.11 Å². The summed E-state index contributed by atoms with van der Waals surface area (Å²) in [6, 6.07) is 8.04. The van der Waals surface area contributed by atoms with Crippen molar-refractivity contribution in [2.45, 2.75) is 37.4 Å². The molecule has 1 aromatic rings. The molecule has 0 aromatic heterocycles. The molecule has 0 atom stereocenters. The molecule has 4 nitrogen and oxygen atoms in total. The van der Waals surface area contributed by atoms with Crippen molar-refractivity contribution in [3.63, 3.8) is 0 Å². The molecule has 2 fully saturated rings. The quantitative estimate of drug-likeness (QED) is 0.831. The van der Waals surface area contributed by atoms with E-state index in [2.05, 4.69) is 6.07 Å². The fourth-order valence-electron chi connectivity index (χ4n) is 3.23. The smallest absolute Gasteiger partial charge is 0.168 e. The van der Waals surface area contributed by atoms with E-state index in [1.165, 1.54) is 5.56 Å². The maximum atomic E-state index is 9.03. The minimum atomic E-state index is -0.312. The topological polar surface area (TPSA) is 51.5 Å². The highest BCUT2D eigenvalue weighted by Crippen LogP contribution is 2.42. The van der Waals surface area contributed by atoms with Crippen LogP contribution in [0.3, 0.4) is 0 Å². The highest BCUT2D eigenvalue weighted by Gasteiger charge is 2.40. The van der Waals surface area contributed by atoms with Crippen molar-refractivity contribution in [1.29, 1.82) is 5.26 Å². The van der Waals surface area contributed by atoms with Crippen LogP contribution in [0.1, 0.15) is 42.7 Å². The Hall–Kier alpha value is -1.57. The number of nitrogens with zero attached hydrogens (tertiary/aromatic N) is 1. The number of hydrogen-bond acceptors (Lipinski definition) is 4. The van der Waals surface area contributed by atoms with Crippen LogP contribution in [0.5, 0.6) is 5.75 Å². The number of methoxy groups -OCH3 is 1. The fraction of sp³-hybridized carbons (Fsp3) is 0.562. The van der Waals surface area contributed by atoms with E-state index in [0.717, 1.165) is 38.9 Å². The lowest BCUT2D eigenvalue weighted by molar-refractivity contribution is -0.178. The zero-order valence-electron chi connectivity index (χ0n) is 11.7. The van der Waals surface area contributed by atoms with Gasteiger partial charge in [-0.1, -0.05) is 6.07 Å². The molecule has 3 rings (SSSR count). The molecular weight excluding hydrogens is 254 g/mol. The van der Waals surface area contributed by atoms with Crippen molar-refractivity contribution in [3.8, 4) is 11.8 Å².